The minimum Gasteiger partial charge on any atom is -0.352 e. The molecule has 1 amide bonds. The normalized spacial score (nSPS) is 11.3. The van der Waals surface area contributed by atoms with Crippen molar-refractivity contribution in [1.82, 2.24) is 10.0 Å². The molecule has 0 aromatic heterocycles. The van der Waals surface area contributed by atoms with Crippen LogP contribution in [0.15, 0.2) is 53.4 Å². The lowest BCUT2D eigenvalue weighted by atomic mass is 10.1. The van der Waals surface area contributed by atoms with E-state index < -0.39 is 10.0 Å². The summed E-state index contributed by atoms with van der Waals surface area (Å²) in [4.78, 5) is 12.1. The van der Waals surface area contributed by atoms with E-state index in [2.05, 4.69) is 17.0 Å². The summed E-state index contributed by atoms with van der Waals surface area (Å²) in [6, 6.07) is 12.8. The average Bonchev–Trinajstić information content (AvgIpc) is 2.61. The second kappa shape index (κ2) is 8.99. The molecule has 0 heterocycles. The van der Waals surface area contributed by atoms with Gasteiger partial charge in [-0.3, -0.25) is 4.79 Å². The minimum atomic E-state index is -3.60. The second-order valence-corrected chi connectivity index (χ2v) is 7.79. The van der Waals surface area contributed by atoms with Crippen LogP contribution < -0.4 is 10.0 Å². The summed E-state index contributed by atoms with van der Waals surface area (Å²) < 4.78 is 27.0. The van der Waals surface area contributed by atoms with E-state index in [-0.39, 0.29) is 17.3 Å². The summed E-state index contributed by atoms with van der Waals surface area (Å²) in [5.41, 5.74) is 1.32. The molecule has 5 nitrogen and oxygen atoms in total. The van der Waals surface area contributed by atoms with Gasteiger partial charge in [0.25, 0.3) is 5.91 Å². The maximum absolute atomic E-state index is 12.2. The van der Waals surface area contributed by atoms with Gasteiger partial charge in [0.1, 0.15) is 0 Å². The Morgan fingerprint density at radius 2 is 1.68 bits per heavy atom. The standard InChI is InChI=1S/C18H21ClN2O3S/c1-2-3-12-20-18(22)15-6-4-14(5-7-15)13-21-25(23,24)17-10-8-16(19)9-11-17/h4-11,21H,2-3,12-13H2,1H3,(H,20,22). The molecule has 0 aliphatic carbocycles. The molecule has 0 fully saturated rings. The van der Waals surface area contributed by atoms with Crippen molar-refractivity contribution in [3.63, 3.8) is 0 Å². The Labute approximate surface area is 153 Å². The molecule has 134 valence electrons. The zero-order chi connectivity index (χ0) is 18.3. The van der Waals surface area contributed by atoms with Crippen molar-refractivity contribution < 1.29 is 13.2 Å². The van der Waals surface area contributed by atoms with Gasteiger partial charge in [0.2, 0.25) is 10.0 Å². The topological polar surface area (TPSA) is 75.3 Å². The molecule has 2 aromatic carbocycles. The smallest absolute Gasteiger partial charge is 0.251 e. The summed E-state index contributed by atoms with van der Waals surface area (Å²) in [6.45, 7) is 2.85. The Bertz CT molecular complexity index is 803. The Morgan fingerprint density at radius 3 is 2.28 bits per heavy atom. The van der Waals surface area contributed by atoms with Crippen LogP contribution in [-0.4, -0.2) is 20.9 Å². The predicted molar refractivity (Wildman–Crippen MR) is 99.2 cm³/mol. The summed E-state index contributed by atoms with van der Waals surface area (Å²) in [7, 11) is -3.60. The van der Waals surface area contributed by atoms with E-state index in [1.165, 1.54) is 24.3 Å². The van der Waals surface area contributed by atoms with Crippen LogP contribution in [0.2, 0.25) is 5.02 Å². The van der Waals surface area contributed by atoms with Gasteiger partial charge in [-0.25, -0.2) is 13.1 Å². The number of carbonyl (C=O) groups is 1. The second-order valence-electron chi connectivity index (χ2n) is 5.58. The van der Waals surface area contributed by atoms with Crippen molar-refractivity contribution in [2.45, 2.75) is 31.2 Å². The first-order valence-electron chi connectivity index (χ1n) is 8.05. The zero-order valence-corrected chi connectivity index (χ0v) is 15.5. The molecule has 0 bridgehead atoms. The Balaban J connectivity index is 1.95. The fourth-order valence-electron chi connectivity index (χ4n) is 2.13. The molecule has 0 aliphatic heterocycles. The molecule has 25 heavy (non-hydrogen) atoms. The number of nitrogens with one attached hydrogen (secondary N) is 2. The number of sulfonamides is 1. The van der Waals surface area contributed by atoms with Gasteiger partial charge >= 0.3 is 0 Å². The molecule has 2 aromatic rings. The van der Waals surface area contributed by atoms with Crippen molar-refractivity contribution in [3.05, 3.63) is 64.7 Å². The molecule has 2 N–H and O–H groups in total. The van der Waals surface area contributed by atoms with Crippen LogP contribution in [0.4, 0.5) is 0 Å². The molecular formula is C18H21ClN2O3S. The number of benzene rings is 2. The quantitative estimate of drug-likeness (QED) is 0.689. The minimum absolute atomic E-state index is 0.123. The van der Waals surface area contributed by atoms with Crippen LogP contribution in [0.1, 0.15) is 35.7 Å². The summed E-state index contributed by atoms with van der Waals surface area (Å²) in [5.74, 6) is -0.123. The van der Waals surface area contributed by atoms with Gasteiger partial charge in [-0.2, -0.15) is 0 Å². The van der Waals surface area contributed by atoms with Crippen LogP contribution in [0, 0.1) is 0 Å². The molecule has 0 atom stereocenters. The van der Waals surface area contributed by atoms with Gasteiger partial charge in [0.15, 0.2) is 0 Å². The number of carbonyl (C=O) groups excluding carboxylic acids is 1. The van der Waals surface area contributed by atoms with Gasteiger partial charge < -0.3 is 5.32 Å². The highest BCUT2D eigenvalue weighted by Gasteiger charge is 2.13. The number of hydrogen-bond donors (Lipinski definition) is 2. The van der Waals surface area contributed by atoms with E-state index >= 15 is 0 Å². The lowest BCUT2D eigenvalue weighted by molar-refractivity contribution is 0.0953. The Hall–Kier alpha value is -1.89. The van der Waals surface area contributed by atoms with Gasteiger partial charge in [0.05, 0.1) is 4.90 Å². The molecule has 0 saturated heterocycles. The number of halogens is 1. The van der Waals surface area contributed by atoms with E-state index in [0.29, 0.717) is 17.1 Å². The third-order valence-corrected chi connectivity index (χ3v) is 5.29. The first-order valence-corrected chi connectivity index (χ1v) is 9.91. The van der Waals surface area contributed by atoms with Gasteiger partial charge in [-0.15, -0.1) is 0 Å². The molecule has 7 heteroatoms. The number of amides is 1. The molecule has 2 rings (SSSR count). The van der Waals surface area contributed by atoms with E-state index in [9.17, 15) is 13.2 Å². The third kappa shape index (κ3) is 5.85. The highest BCUT2D eigenvalue weighted by Crippen LogP contribution is 2.14. The van der Waals surface area contributed by atoms with Crippen LogP contribution >= 0.6 is 11.6 Å². The SMILES string of the molecule is CCCCNC(=O)c1ccc(CNS(=O)(=O)c2ccc(Cl)cc2)cc1. The molecule has 0 radical (unpaired) electrons. The van der Waals surface area contributed by atoms with Gasteiger partial charge in [-0.1, -0.05) is 37.1 Å². The van der Waals surface area contributed by atoms with E-state index in [0.717, 1.165) is 18.4 Å². The van der Waals surface area contributed by atoms with Crippen molar-refractivity contribution in [3.8, 4) is 0 Å². The summed E-state index contributed by atoms with van der Waals surface area (Å²) in [5, 5.41) is 3.32. The molecular weight excluding hydrogens is 360 g/mol. The zero-order valence-electron chi connectivity index (χ0n) is 14.0. The van der Waals surface area contributed by atoms with Gasteiger partial charge in [0, 0.05) is 23.7 Å². The van der Waals surface area contributed by atoms with E-state index in [1.807, 2.05) is 0 Å². The Kier molecular flexibility index (Phi) is 6.99. The van der Waals surface area contributed by atoms with Crippen LogP contribution in [0.5, 0.6) is 0 Å². The van der Waals surface area contributed by atoms with Crippen molar-refractivity contribution >= 4 is 27.5 Å². The molecule has 0 saturated carbocycles. The first-order chi connectivity index (χ1) is 11.9. The van der Waals surface area contributed by atoms with E-state index in [1.54, 1.807) is 24.3 Å². The maximum atomic E-state index is 12.2. The van der Waals surface area contributed by atoms with Crippen LogP contribution in [0.25, 0.3) is 0 Å². The highest BCUT2D eigenvalue weighted by molar-refractivity contribution is 7.89. The fraction of sp³-hybridized carbons (Fsp3) is 0.278. The Morgan fingerprint density at radius 1 is 1.04 bits per heavy atom. The first kappa shape index (κ1) is 19.4. The van der Waals surface area contributed by atoms with Crippen molar-refractivity contribution in [2.24, 2.45) is 0 Å². The van der Waals surface area contributed by atoms with Crippen LogP contribution in [-0.2, 0) is 16.6 Å². The molecule has 0 aliphatic rings. The number of unbranched alkanes of at least 4 members (excludes halogenated alkanes) is 1. The van der Waals surface area contributed by atoms with Crippen LogP contribution in [0.3, 0.4) is 0 Å². The van der Waals surface area contributed by atoms with Crippen molar-refractivity contribution in [2.75, 3.05) is 6.54 Å². The molecule has 0 unspecified atom stereocenters. The number of hydrogen-bond acceptors (Lipinski definition) is 3. The fourth-order valence-corrected chi connectivity index (χ4v) is 3.27. The third-order valence-electron chi connectivity index (χ3n) is 3.62. The lowest BCUT2D eigenvalue weighted by Crippen LogP contribution is -2.25. The summed E-state index contributed by atoms with van der Waals surface area (Å²) >= 11 is 5.77. The number of rotatable bonds is 8. The average molecular weight is 381 g/mol. The van der Waals surface area contributed by atoms with E-state index in [4.69, 9.17) is 11.6 Å². The largest absolute Gasteiger partial charge is 0.352 e. The van der Waals surface area contributed by atoms with Gasteiger partial charge in [-0.05, 0) is 48.4 Å². The predicted octanol–water partition coefficient (Wildman–Crippen LogP) is 3.35. The maximum Gasteiger partial charge on any atom is 0.251 e. The highest BCUT2D eigenvalue weighted by atomic mass is 35.5. The summed E-state index contributed by atoms with van der Waals surface area (Å²) in [6.07, 6.45) is 1.96. The van der Waals surface area contributed by atoms with Crippen molar-refractivity contribution in [1.29, 1.82) is 0 Å². The lowest BCUT2D eigenvalue weighted by Gasteiger charge is -2.08. The monoisotopic (exact) mass is 380 g/mol. The molecule has 0 spiro atoms.